The Bertz CT molecular complexity index is 398. The van der Waals surface area contributed by atoms with Gasteiger partial charge in [0.1, 0.15) is 5.82 Å². The van der Waals surface area contributed by atoms with Gasteiger partial charge in [0.05, 0.1) is 23.2 Å². The van der Waals surface area contributed by atoms with Crippen molar-refractivity contribution in [3.63, 3.8) is 0 Å². The van der Waals surface area contributed by atoms with Crippen LogP contribution in [-0.4, -0.2) is 13.6 Å². The Hall–Kier alpha value is -1.27. The van der Waals surface area contributed by atoms with E-state index in [1.165, 1.54) is 6.07 Å². The SMILES string of the molecule is Cc1cc(Cl)c(N(C)CCC#N)cc1F. The predicted octanol–water partition coefficient (Wildman–Crippen LogP) is 3.14. The summed E-state index contributed by atoms with van der Waals surface area (Å²) in [4.78, 5) is 1.77. The topological polar surface area (TPSA) is 27.0 Å². The van der Waals surface area contributed by atoms with Gasteiger partial charge in [-0.1, -0.05) is 11.6 Å². The van der Waals surface area contributed by atoms with Crippen molar-refractivity contribution in [1.82, 2.24) is 0 Å². The van der Waals surface area contributed by atoms with Gasteiger partial charge < -0.3 is 4.90 Å². The van der Waals surface area contributed by atoms with Gasteiger partial charge in [-0.25, -0.2) is 4.39 Å². The molecule has 0 amide bonds. The van der Waals surface area contributed by atoms with E-state index in [0.29, 0.717) is 29.2 Å². The second kappa shape index (κ2) is 4.99. The van der Waals surface area contributed by atoms with E-state index in [1.54, 1.807) is 24.9 Å². The average Bonchev–Trinajstić information content (AvgIpc) is 2.20. The molecule has 0 radical (unpaired) electrons. The molecule has 1 rings (SSSR count). The molecule has 0 saturated carbocycles. The van der Waals surface area contributed by atoms with Gasteiger partial charge in [0.2, 0.25) is 0 Å². The van der Waals surface area contributed by atoms with E-state index in [4.69, 9.17) is 16.9 Å². The van der Waals surface area contributed by atoms with Crippen LogP contribution in [0.15, 0.2) is 12.1 Å². The molecule has 1 aromatic carbocycles. The Balaban J connectivity index is 2.94. The van der Waals surface area contributed by atoms with Crippen molar-refractivity contribution >= 4 is 17.3 Å². The zero-order chi connectivity index (χ0) is 11.4. The Labute approximate surface area is 93.9 Å². The van der Waals surface area contributed by atoms with E-state index >= 15 is 0 Å². The van der Waals surface area contributed by atoms with Crippen molar-refractivity contribution in [3.8, 4) is 6.07 Å². The summed E-state index contributed by atoms with van der Waals surface area (Å²) in [6, 6.07) is 5.03. The van der Waals surface area contributed by atoms with Crippen molar-refractivity contribution in [2.24, 2.45) is 0 Å². The molecule has 80 valence electrons. The highest BCUT2D eigenvalue weighted by Crippen LogP contribution is 2.27. The summed E-state index contributed by atoms with van der Waals surface area (Å²) >= 11 is 5.98. The van der Waals surface area contributed by atoms with Gasteiger partial charge in [-0.05, 0) is 24.6 Å². The van der Waals surface area contributed by atoms with E-state index < -0.39 is 0 Å². The van der Waals surface area contributed by atoms with Gasteiger partial charge in [-0.3, -0.25) is 0 Å². The lowest BCUT2D eigenvalue weighted by atomic mass is 10.2. The molecular formula is C11H12ClFN2. The number of anilines is 1. The highest BCUT2D eigenvalue weighted by molar-refractivity contribution is 6.33. The standard InChI is InChI=1S/C11H12ClFN2/c1-8-6-9(12)11(7-10(8)13)15(2)5-3-4-14/h6-7H,3,5H2,1-2H3. The molecule has 0 N–H and O–H groups in total. The maximum absolute atomic E-state index is 13.3. The number of benzene rings is 1. The van der Waals surface area contributed by atoms with Crippen LogP contribution in [0.5, 0.6) is 0 Å². The number of aryl methyl sites for hydroxylation is 1. The maximum Gasteiger partial charge on any atom is 0.128 e. The minimum atomic E-state index is -0.279. The van der Waals surface area contributed by atoms with Crippen molar-refractivity contribution in [2.75, 3.05) is 18.5 Å². The molecule has 0 bridgehead atoms. The maximum atomic E-state index is 13.3. The van der Waals surface area contributed by atoms with Gasteiger partial charge in [-0.2, -0.15) is 5.26 Å². The summed E-state index contributed by atoms with van der Waals surface area (Å²) in [6.45, 7) is 2.21. The molecule has 1 aromatic rings. The van der Waals surface area contributed by atoms with Crippen LogP contribution in [0.2, 0.25) is 5.02 Å². The normalized spacial score (nSPS) is 9.80. The molecule has 0 saturated heterocycles. The second-order valence-electron chi connectivity index (χ2n) is 3.38. The number of nitrogens with zero attached hydrogens (tertiary/aromatic N) is 2. The van der Waals surface area contributed by atoms with Crippen molar-refractivity contribution in [3.05, 3.63) is 28.5 Å². The fourth-order valence-corrected chi connectivity index (χ4v) is 1.63. The van der Waals surface area contributed by atoms with Gasteiger partial charge in [0.25, 0.3) is 0 Å². The first-order chi connectivity index (χ1) is 7.06. The molecule has 0 atom stereocenters. The number of nitriles is 1. The fraction of sp³-hybridized carbons (Fsp3) is 0.364. The first-order valence-electron chi connectivity index (χ1n) is 4.60. The first kappa shape index (κ1) is 11.8. The fourth-order valence-electron chi connectivity index (χ4n) is 1.27. The number of hydrogen-bond acceptors (Lipinski definition) is 2. The largest absolute Gasteiger partial charge is 0.372 e. The van der Waals surface area contributed by atoms with Crippen LogP contribution in [0.1, 0.15) is 12.0 Å². The van der Waals surface area contributed by atoms with Gasteiger partial charge in [-0.15, -0.1) is 0 Å². The second-order valence-corrected chi connectivity index (χ2v) is 3.79. The predicted molar refractivity (Wildman–Crippen MR) is 59.6 cm³/mol. The molecule has 0 heterocycles. The first-order valence-corrected chi connectivity index (χ1v) is 4.97. The van der Waals surface area contributed by atoms with Crippen LogP contribution >= 0.6 is 11.6 Å². The molecule has 15 heavy (non-hydrogen) atoms. The van der Waals surface area contributed by atoms with Crippen molar-refractivity contribution < 1.29 is 4.39 Å². The highest BCUT2D eigenvalue weighted by Gasteiger charge is 2.09. The Kier molecular flexibility index (Phi) is 3.93. The molecule has 2 nitrogen and oxygen atoms in total. The van der Waals surface area contributed by atoms with E-state index in [9.17, 15) is 4.39 Å². The quantitative estimate of drug-likeness (QED) is 0.792. The molecule has 0 aliphatic carbocycles. The summed E-state index contributed by atoms with van der Waals surface area (Å²) in [5.41, 5.74) is 1.15. The number of hydrogen-bond donors (Lipinski definition) is 0. The van der Waals surface area contributed by atoms with E-state index in [1.807, 2.05) is 6.07 Å². The van der Waals surface area contributed by atoms with E-state index in [2.05, 4.69) is 0 Å². The number of halogens is 2. The van der Waals surface area contributed by atoms with Crippen LogP contribution < -0.4 is 4.90 Å². The Morgan fingerprint density at radius 2 is 2.20 bits per heavy atom. The zero-order valence-electron chi connectivity index (χ0n) is 8.72. The third-order valence-electron chi connectivity index (χ3n) is 2.20. The molecule has 4 heteroatoms. The van der Waals surface area contributed by atoms with Crippen LogP contribution in [0.4, 0.5) is 10.1 Å². The molecular weight excluding hydrogens is 215 g/mol. The molecule has 0 spiro atoms. The average molecular weight is 227 g/mol. The Morgan fingerprint density at radius 1 is 1.53 bits per heavy atom. The van der Waals surface area contributed by atoms with Gasteiger partial charge in [0, 0.05) is 13.6 Å². The zero-order valence-corrected chi connectivity index (χ0v) is 9.48. The summed E-state index contributed by atoms with van der Waals surface area (Å²) in [7, 11) is 1.79. The minimum absolute atomic E-state index is 0.279. The van der Waals surface area contributed by atoms with Crippen LogP contribution in [0, 0.1) is 24.1 Å². The van der Waals surface area contributed by atoms with Crippen LogP contribution in [0.3, 0.4) is 0 Å². The minimum Gasteiger partial charge on any atom is -0.372 e. The summed E-state index contributed by atoms with van der Waals surface area (Å²) in [5.74, 6) is -0.279. The monoisotopic (exact) mass is 226 g/mol. The molecule has 0 aliphatic heterocycles. The van der Waals surface area contributed by atoms with Crippen molar-refractivity contribution in [2.45, 2.75) is 13.3 Å². The summed E-state index contributed by atoms with van der Waals surface area (Å²) < 4.78 is 13.3. The summed E-state index contributed by atoms with van der Waals surface area (Å²) in [5, 5.41) is 8.95. The van der Waals surface area contributed by atoms with Crippen LogP contribution in [0.25, 0.3) is 0 Å². The van der Waals surface area contributed by atoms with E-state index in [-0.39, 0.29) is 5.82 Å². The lowest BCUT2D eigenvalue weighted by Crippen LogP contribution is -2.18. The smallest absolute Gasteiger partial charge is 0.128 e. The Morgan fingerprint density at radius 3 is 2.80 bits per heavy atom. The third kappa shape index (κ3) is 2.84. The van der Waals surface area contributed by atoms with E-state index in [0.717, 1.165) is 0 Å². The summed E-state index contributed by atoms with van der Waals surface area (Å²) in [6.07, 6.45) is 0.391. The van der Waals surface area contributed by atoms with Gasteiger partial charge in [0.15, 0.2) is 0 Å². The molecule has 0 aliphatic rings. The van der Waals surface area contributed by atoms with Crippen LogP contribution in [-0.2, 0) is 0 Å². The molecule has 0 unspecified atom stereocenters. The van der Waals surface area contributed by atoms with Crippen molar-refractivity contribution in [1.29, 1.82) is 5.26 Å². The lowest BCUT2D eigenvalue weighted by Gasteiger charge is -2.19. The van der Waals surface area contributed by atoms with Gasteiger partial charge >= 0.3 is 0 Å². The molecule has 0 fully saturated rings. The third-order valence-corrected chi connectivity index (χ3v) is 2.50. The molecule has 0 aromatic heterocycles. The number of rotatable bonds is 3. The lowest BCUT2D eigenvalue weighted by molar-refractivity contribution is 0.618. The highest BCUT2D eigenvalue weighted by atomic mass is 35.5.